The molecule has 0 saturated heterocycles. The topological polar surface area (TPSA) is 114 Å². The maximum Gasteiger partial charge on any atom is 0.407 e. The first-order chi connectivity index (χ1) is 16.5. The number of benzene rings is 3. The van der Waals surface area contributed by atoms with E-state index >= 15 is 0 Å². The van der Waals surface area contributed by atoms with Gasteiger partial charge in [0.15, 0.2) is 0 Å². The number of nitrogens with one attached hydrogen (secondary N) is 2. The maximum absolute atomic E-state index is 12.7. The molecule has 0 radical (unpaired) electrons. The van der Waals surface area contributed by atoms with Crippen LogP contribution in [0.2, 0.25) is 0 Å². The van der Waals surface area contributed by atoms with Crippen molar-refractivity contribution in [3.63, 3.8) is 0 Å². The van der Waals surface area contributed by atoms with Crippen LogP contribution in [0.5, 0.6) is 5.75 Å². The Hall–Kier alpha value is -4.33. The number of alkyl carbamates (subject to hydrolysis) is 1. The van der Waals surface area contributed by atoms with E-state index < -0.39 is 30.4 Å². The number of fused-ring (bicyclic) bond motifs is 3. The molecule has 2 amide bonds. The smallest absolute Gasteiger partial charge is 0.407 e. The lowest BCUT2D eigenvalue weighted by Gasteiger charge is -2.19. The number of carbonyl (C=O) groups is 3. The Morgan fingerprint density at radius 1 is 0.941 bits per heavy atom. The Morgan fingerprint density at radius 2 is 1.59 bits per heavy atom. The van der Waals surface area contributed by atoms with Gasteiger partial charge in [0.25, 0.3) is 0 Å². The summed E-state index contributed by atoms with van der Waals surface area (Å²) in [5.41, 5.74) is 4.69. The number of rotatable bonds is 8. The summed E-state index contributed by atoms with van der Waals surface area (Å²) in [7, 11) is 1.49. The van der Waals surface area contributed by atoms with Gasteiger partial charge in [0, 0.05) is 17.7 Å². The van der Waals surface area contributed by atoms with Gasteiger partial charge in [-0.2, -0.15) is 0 Å². The fourth-order valence-corrected chi connectivity index (χ4v) is 4.10. The third-order valence-electron chi connectivity index (χ3n) is 5.67. The van der Waals surface area contributed by atoms with Gasteiger partial charge in [-0.25, -0.2) is 4.79 Å². The minimum Gasteiger partial charge on any atom is -0.497 e. The summed E-state index contributed by atoms with van der Waals surface area (Å²) in [5.74, 6) is -1.53. The van der Waals surface area contributed by atoms with E-state index in [1.54, 1.807) is 24.3 Å². The van der Waals surface area contributed by atoms with Crippen LogP contribution >= 0.6 is 0 Å². The van der Waals surface area contributed by atoms with E-state index in [1.807, 2.05) is 48.5 Å². The van der Waals surface area contributed by atoms with Gasteiger partial charge in [-0.15, -0.1) is 0 Å². The molecule has 1 unspecified atom stereocenters. The minimum atomic E-state index is -1.32. The van der Waals surface area contributed by atoms with Gasteiger partial charge < -0.3 is 25.2 Å². The molecular formula is C26H24N2O6. The number of hydrogen-bond donors (Lipinski definition) is 3. The van der Waals surface area contributed by atoms with E-state index in [2.05, 4.69) is 10.6 Å². The Morgan fingerprint density at radius 3 is 2.21 bits per heavy atom. The average molecular weight is 460 g/mol. The SMILES string of the molecule is COc1cccc(NC(=O)C(CC(=O)O)NC(=O)OCC2c3ccccc3-c3ccccc32)c1. The molecule has 0 spiro atoms. The molecule has 8 nitrogen and oxygen atoms in total. The molecule has 3 N–H and O–H groups in total. The molecule has 1 aliphatic rings. The summed E-state index contributed by atoms with van der Waals surface area (Å²) < 4.78 is 10.6. The zero-order valence-electron chi connectivity index (χ0n) is 18.5. The number of aliphatic carboxylic acids is 1. The van der Waals surface area contributed by atoms with E-state index in [9.17, 15) is 19.5 Å². The van der Waals surface area contributed by atoms with Crippen LogP contribution in [0.25, 0.3) is 11.1 Å². The quantitative estimate of drug-likeness (QED) is 0.468. The standard InChI is InChI=1S/C26H24N2O6/c1-33-17-8-6-7-16(13-17)27-25(31)23(14-24(29)30)28-26(32)34-15-22-20-11-4-2-9-18(20)19-10-3-5-12-21(19)22/h2-13,22-23H,14-15H2,1H3,(H,27,31)(H,28,32)(H,29,30). The zero-order chi connectivity index (χ0) is 24.1. The van der Waals surface area contributed by atoms with Crippen molar-refractivity contribution in [2.45, 2.75) is 18.4 Å². The number of carboxylic acid groups (broad SMARTS) is 1. The fraction of sp³-hybridized carbons (Fsp3) is 0.192. The fourth-order valence-electron chi connectivity index (χ4n) is 4.10. The first-order valence-corrected chi connectivity index (χ1v) is 10.7. The molecule has 3 aromatic carbocycles. The van der Waals surface area contributed by atoms with Crippen LogP contribution in [0.15, 0.2) is 72.8 Å². The lowest BCUT2D eigenvalue weighted by Crippen LogP contribution is -2.45. The van der Waals surface area contributed by atoms with E-state index in [0.717, 1.165) is 22.3 Å². The highest BCUT2D eigenvalue weighted by Crippen LogP contribution is 2.44. The number of ether oxygens (including phenoxy) is 2. The Labute approximate surface area is 196 Å². The molecule has 0 bridgehead atoms. The maximum atomic E-state index is 12.7. The van der Waals surface area contributed by atoms with Gasteiger partial charge in [-0.1, -0.05) is 54.6 Å². The van der Waals surface area contributed by atoms with Crippen molar-refractivity contribution in [3.8, 4) is 16.9 Å². The van der Waals surface area contributed by atoms with E-state index in [1.165, 1.54) is 7.11 Å². The van der Waals surface area contributed by atoms with Gasteiger partial charge >= 0.3 is 12.1 Å². The highest BCUT2D eigenvalue weighted by atomic mass is 16.5. The van der Waals surface area contributed by atoms with Gasteiger partial charge in [-0.05, 0) is 34.4 Å². The summed E-state index contributed by atoms with van der Waals surface area (Å²) in [6.45, 7) is 0.0527. The highest BCUT2D eigenvalue weighted by molar-refractivity contribution is 5.98. The summed E-state index contributed by atoms with van der Waals surface area (Å²) in [4.78, 5) is 36.5. The molecule has 8 heteroatoms. The van der Waals surface area contributed by atoms with Gasteiger partial charge in [0.1, 0.15) is 18.4 Å². The van der Waals surface area contributed by atoms with Crippen LogP contribution in [-0.2, 0) is 14.3 Å². The largest absolute Gasteiger partial charge is 0.497 e. The van der Waals surface area contributed by atoms with E-state index in [0.29, 0.717) is 11.4 Å². The van der Waals surface area contributed by atoms with Crippen molar-refractivity contribution in [2.24, 2.45) is 0 Å². The van der Waals surface area contributed by atoms with Crippen LogP contribution in [0.4, 0.5) is 10.5 Å². The van der Waals surface area contributed by atoms with Crippen molar-refractivity contribution >= 4 is 23.7 Å². The Kier molecular flexibility index (Phi) is 6.77. The predicted octanol–water partition coefficient (Wildman–Crippen LogP) is 4.02. The third-order valence-corrected chi connectivity index (χ3v) is 5.67. The van der Waals surface area contributed by atoms with Crippen molar-refractivity contribution < 1.29 is 29.0 Å². The summed E-state index contributed by atoms with van der Waals surface area (Å²) >= 11 is 0. The summed E-state index contributed by atoms with van der Waals surface area (Å²) in [5, 5.41) is 14.2. The second-order valence-electron chi connectivity index (χ2n) is 7.84. The van der Waals surface area contributed by atoms with Gasteiger partial charge in [0.2, 0.25) is 5.91 Å². The van der Waals surface area contributed by atoms with Gasteiger partial charge in [0.05, 0.1) is 13.5 Å². The van der Waals surface area contributed by atoms with Gasteiger partial charge in [-0.3, -0.25) is 9.59 Å². The Bertz CT molecular complexity index is 1180. The highest BCUT2D eigenvalue weighted by Gasteiger charge is 2.30. The molecular weight excluding hydrogens is 436 g/mol. The molecule has 1 aliphatic carbocycles. The second kappa shape index (κ2) is 10.1. The summed E-state index contributed by atoms with van der Waals surface area (Å²) in [6, 6.07) is 21.1. The Balaban J connectivity index is 1.42. The minimum absolute atomic E-state index is 0.0527. The average Bonchev–Trinajstić information content (AvgIpc) is 3.16. The molecule has 34 heavy (non-hydrogen) atoms. The lowest BCUT2D eigenvalue weighted by molar-refractivity contribution is -0.139. The number of hydrogen-bond acceptors (Lipinski definition) is 5. The normalized spacial score (nSPS) is 12.7. The van der Waals surface area contributed by atoms with Crippen LogP contribution in [0, 0.1) is 0 Å². The molecule has 4 rings (SSSR count). The molecule has 0 aliphatic heterocycles. The number of amides is 2. The summed E-state index contributed by atoms with van der Waals surface area (Å²) in [6.07, 6.45) is -1.46. The monoisotopic (exact) mass is 460 g/mol. The van der Waals surface area contributed by atoms with E-state index in [-0.39, 0.29) is 12.5 Å². The number of carbonyl (C=O) groups excluding carboxylic acids is 2. The molecule has 0 aromatic heterocycles. The van der Waals surface area contributed by atoms with Crippen molar-refractivity contribution in [1.29, 1.82) is 0 Å². The third kappa shape index (κ3) is 5.01. The van der Waals surface area contributed by atoms with Crippen molar-refractivity contribution in [1.82, 2.24) is 5.32 Å². The number of anilines is 1. The predicted molar refractivity (Wildman–Crippen MR) is 126 cm³/mol. The van der Waals surface area contributed by atoms with Crippen LogP contribution in [0.1, 0.15) is 23.5 Å². The first kappa shape index (κ1) is 22.8. The molecule has 174 valence electrons. The molecule has 3 aromatic rings. The van der Waals surface area contributed by atoms with E-state index in [4.69, 9.17) is 9.47 Å². The molecule has 0 heterocycles. The number of carboxylic acids is 1. The van der Waals surface area contributed by atoms with Crippen LogP contribution < -0.4 is 15.4 Å². The number of methoxy groups -OCH3 is 1. The second-order valence-corrected chi connectivity index (χ2v) is 7.84. The lowest BCUT2D eigenvalue weighted by atomic mass is 9.98. The molecule has 1 atom stereocenters. The van der Waals surface area contributed by atoms with Crippen LogP contribution in [0.3, 0.4) is 0 Å². The first-order valence-electron chi connectivity index (χ1n) is 10.7. The van der Waals surface area contributed by atoms with Crippen LogP contribution in [-0.4, -0.2) is 42.8 Å². The van der Waals surface area contributed by atoms with Crippen molar-refractivity contribution in [2.75, 3.05) is 19.0 Å². The molecule has 0 fully saturated rings. The van der Waals surface area contributed by atoms with Crippen molar-refractivity contribution in [3.05, 3.63) is 83.9 Å². The molecule has 0 saturated carbocycles. The zero-order valence-corrected chi connectivity index (χ0v) is 18.5.